The van der Waals surface area contributed by atoms with Gasteiger partial charge in [0.1, 0.15) is 10.6 Å². The number of likely N-dealkylation sites (N-methyl/N-ethyl adjacent to an activating group) is 1. The Kier molecular flexibility index (Phi) is 5.75. The van der Waals surface area contributed by atoms with E-state index in [1.54, 1.807) is 12.1 Å². The van der Waals surface area contributed by atoms with Crippen molar-refractivity contribution in [2.24, 2.45) is 0 Å². The van der Waals surface area contributed by atoms with Gasteiger partial charge in [-0.1, -0.05) is 48.0 Å². The smallest absolute Gasteiger partial charge is 0.259 e. The fraction of sp³-hybridized carbons (Fsp3) is 0.174. The maximum Gasteiger partial charge on any atom is 0.259 e. The van der Waals surface area contributed by atoms with E-state index in [0.29, 0.717) is 17.9 Å². The minimum atomic E-state index is -3.92. The molecule has 0 saturated heterocycles. The van der Waals surface area contributed by atoms with Gasteiger partial charge < -0.3 is 10.1 Å². The van der Waals surface area contributed by atoms with Gasteiger partial charge in [0, 0.05) is 19.7 Å². The number of halogens is 1. The minimum Gasteiger partial charge on any atom is -0.454 e. The van der Waals surface area contributed by atoms with E-state index in [2.05, 4.69) is 5.32 Å². The predicted molar refractivity (Wildman–Crippen MR) is 121 cm³/mol. The lowest BCUT2D eigenvalue weighted by molar-refractivity contribution is 0.102. The number of anilines is 1. The van der Waals surface area contributed by atoms with Gasteiger partial charge >= 0.3 is 0 Å². The Morgan fingerprint density at radius 1 is 1.03 bits per heavy atom. The van der Waals surface area contributed by atoms with E-state index in [9.17, 15) is 13.2 Å². The highest BCUT2D eigenvalue weighted by atomic mass is 35.5. The first-order valence-corrected chi connectivity index (χ1v) is 11.5. The molecule has 31 heavy (non-hydrogen) atoms. The molecule has 3 aromatic carbocycles. The van der Waals surface area contributed by atoms with Gasteiger partial charge in [-0.05, 0) is 42.7 Å². The second-order valence-corrected chi connectivity index (χ2v) is 9.82. The lowest BCUT2D eigenvalue weighted by Gasteiger charge is -2.19. The number of ether oxygens (including phenoxy) is 1. The Morgan fingerprint density at radius 3 is 2.52 bits per heavy atom. The zero-order valence-corrected chi connectivity index (χ0v) is 18.6. The Hall–Kier alpha value is -2.87. The monoisotopic (exact) mass is 456 g/mol. The summed E-state index contributed by atoms with van der Waals surface area (Å²) in [6, 6.07) is 17.7. The summed E-state index contributed by atoms with van der Waals surface area (Å²) < 4.78 is 33.5. The van der Waals surface area contributed by atoms with Gasteiger partial charge in [-0.25, -0.2) is 12.7 Å². The van der Waals surface area contributed by atoms with Gasteiger partial charge in [0.15, 0.2) is 5.75 Å². The van der Waals surface area contributed by atoms with Crippen LogP contribution in [0.5, 0.6) is 11.5 Å². The molecular formula is C23H21ClN2O4S. The number of carbonyl (C=O) groups excluding carboxylic acids is 1. The molecule has 160 valence electrons. The van der Waals surface area contributed by atoms with Crippen LogP contribution >= 0.6 is 11.6 Å². The first-order valence-electron chi connectivity index (χ1n) is 9.69. The summed E-state index contributed by atoms with van der Waals surface area (Å²) in [6.07, 6.45) is 0.553. The first-order chi connectivity index (χ1) is 14.8. The molecule has 0 spiro atoms. The summed E-state index contributed by atoms with van der Waals surface area (Å²) in [7, 11) is -2.42. The van der Waals surface area contributed by atoms with Crippen LogP contribution in [0.15, 0.2) is 65.6 Å². The fourth-order valence-corrected chi connectivity index (χ4v) is 5.04. The highest BCUT2D eigenvalue weighted by molar-refractivity contribution is 7.89. The number of nitrogens with zero attached hydrogens (tertiary/aromatic N) is 1. The van der Waals surface area contributed by atoms with Crippen LogP contribution < -0.4 is 10.1 Å². The standard InChI is InChI=1S/C23H21ClN2O4S/c1-15-8-9-20-19(12-15)25-23(27)17-13-22(18(24)14-21(17)30-20)31(28,29)26(2)11-10-16-6-4-3-5-7-16/h3-9,12-14H,10-11H2,1-2H3,(H,25,27). The van der Waals surface area contributed by atoms with Crippen molar-refractivity contribution in [3.05, 3.63) is 82.4 Å². The van der Waals surface area contributed by atoms with E-state index in [-0.39, 0.29) is 27.8 Å². The molecule has 1 aliphatic rings. The average molecular weight is 457 g/mol. The number of carbonyl (C=O) groups is 1. The average Bonchev–Trinajstić information content (AvgIpc) is 2.87. The SMILES string of the molecule is Cc1ccc2c(c1)NC(=O)c1cc(S(=O)(=O)N(C)CCc3ccccc3)c(Cl)cc1O2. The maximum atomic E-state index is 13.2. The normalized spacial score (nSPS) is 13.1. The fourth-order valence-electron chi connectivity index (χ4n) is 3.35. The third-order valence-corrected chi connectivity index (χ3v) is 7.45. The van der Waals surface area contributed by atoms with E-state index in [1.165, 1.54) is 23.5 Å². The van der Waals surface area contributed by atoms with Gasteiger partial charge in [-0.3, -0.25) is 4.79 Å². The molecule has 1 heterocycles. The molecule has 0 radical (unpaired) electrons. The van der Waals surface area contributed by atoms with Crippen molar-refractivity contribution in [1.82, 2.24) is 4.31 Å². The van der Waals surface area contributed by atoms with Crippen molar-refractivity contribution < 1.29 is 17.9 Å². The number of aryl methyl sites for hydroxylation is 1. The maximum absolute atomic E-state index is 13.2. The van der Waals surface area contributed by atoms with Crippen LogP contribution in [0.2, 0.25) is 5.02 Å². The van der Waals surface area contributed by atoms with Gasteiger partial charge in [0.25, 0.3) is 5.91 Å². The molecule has 0 bridgehead atoms. The molecule has 1 amide bonds. The molecule has 3 aromatic rings. The van der Waals surface area contributed by atoms with Crippen LogP contribution in [0.1, 0.15) is 21.5 Å². The zero-order chi connectivity index (χ0) is 22.2. The van der Waals surface area contributed by atoms with E-state index in [4.69, 9.17) is 16.3 Å². The van der Waals surface area contributed by atoms with Crippen molar-refractivity contribution in [3.63, 3.8) is 0 Å². The summed E-state index contributed by atoms with van der Waals surface area (Å²) in [4.78, 5) is 12.7. The molecule has 0 fully saturated rings. The molecule has 8 heteroatoms. The number of hydrogen-bond acceptors (Lipinski definition) is 4. The lowest BCUT2D eigenvalue weighted by atomic mass is 10.2. The first kappa shape index (κ1) is 21.4. The minimum absolute atomic E-state index is 0.00586. The molecular weight excluding hydrogens is 436 g/mol. The van der Waals surface area contributed by atoms with Gasteiger partial charge in [-0.15, -0.1) is 0 Å². The second-order valence-electron chi connectivity index (χ2n) is 7.40. The van der Waals surface area contributed by atoms with Gasteiger partial charge in [-0.2, -0.15) is 0 Å². The third kappa shape index (κ3) is 4.30. The number of amides is 1. The Balaban J connectivity index is 1.65. The summed E-state index contributed by atoms with van der Waals surface area (Å²) in [5.41, 5.74) is 2.60. The summed E-state index contributed by atoms with van der Waals surface area (Å²) in [5.74, 6) is 0.208. The van der Waals surface area contributed by atoms with E-state index in [0.717, 1.165) is 11.1 Å². The number of fused-ring (bicyclic) bond motifs is 2. The zero-order valence-electron chi connectivity index (χ0n) is 17.1. The quantitative estimate of drug-likeness (QED) is 0.594. The molecule has 1 N–H and O–H groups in total. The van der Waals surface area contributed by atoms with Crippen molar-refractivity contribution in [1.29, 1.82) is 0 Å². The Bertz CT molecular complexity index is 1260. The lowest BCUT2D eigenvalue weighted by Crippen LogP contribution is -2.29. The summed E-state index contributed by atoms with van der Waals surface area (Å²) in [5, 5.41) is 2.77. The predicted octanol–water partition coefficient (Wildman–Crippen LogP) is 4.87. The van der Waals surface area contributed by atoms with Crippen molar-refractivity contribution in [2.75, 3.05) is 18.9 Å². The topological polar surface area (TPSA) is 75.7 Å². The third-order valence-electron chi connectivity index (χ3n) is 5.13. The Morgan fingerprint density at radius 2 is 1.77 bits per heavy atom. The van der Waals surface area contributed by atoms with Crippen LogP contribution in [0.4, 0.5) is 5.69 Å². The number of rotatable bonds is 5. The number of hydrogen-bond donors (Lipinski definition) is 1. The summed E-state index contributed by atoms with van der Waals surface area (Å²) >= 11 is 6.34. The van der Waals surface area contributed by atoms with Crippen LogP contribution in [0.25, 0.3) is 0 Å². The van der Waals surface area contributed by atoms with E-state index >= 15 is 0 Å². The second kappa shape index (κ2) is 8.34. The van der Waals surface area contributed by atoms with Gasteiger partial charge in [0.05, 0.1) is 16.3 Å². The van der Waals surface area contributed by atoms with Crippen molar-refractivity contribution >= 4 is 33.2 Å². The largest absolute Gasteiger partial charge is 0.454 e. The van der Waals surface area contributed by atoms with Crippen LogP contribution in [0.3, 0.4) is 0 Å². The molecule has 6 nitrogen and oxygen atoms in total. The van der Waals surface area contributed by atoms with E-state index < -0.39 is 15.9 Å². The van der Waals surface area contributed by atoms with Gasteiger partial charge in [0.2, 0.25) is 10.0 Å². The highest BCUT2D eigenvalue weighted by Crippen LogP contribution is 2.39. The van der Waals surface area contributed by atoms with Crippen molar-refractivity contribution in [3.8, 4) is 11.5 Å². The molecule has 0 aliphatic carbocycles. The van der Waals surface area contributed by atoms with Crippen LogP contribution in [0, 0.1) is 6.92 Å². The van der Waals surface area contributed by atoms with E-state index in [1.807, 2.05) is 43.3 Å². The molecule has 1 aliphatic heterocycles. The molecule has 0 aromatic heterocycles. The van der Waals surface area contributed by atoms with Crippen LogP contribution in [-0.2, 0) is 16.4 Å². The number of benzene rings is 3. The Labute approximate surface area is 186 Å². The molecule has 0 atom stereocenters. The highest BCUT2D eigenvalue weighted by Gasteiger charge is 2.29. The molecule has 0 saturated carbocycles. The molecule has 4 rings (SSSR count). The van der Waals surface area contributed by atoms with Crippen molar-refractivity contribution in [2.45, 2.75) is 18.2 Å². The molecule has 0 unspecified atom stereocenters. The summed E-state index contributed by atoms with van der Waals surface area (Å²) in [6.45, 7) is 2.17. The number of sulfonamides is 1. The van der Waals surface area contributed by atoms with Crippen LogP contribution in [-0.4, -0.2) is 32.2 Å². The number of nitrogens with one attached hydrogen (secondary N) is 1.